The van der Waals surface area contributed by atoms with Gasteiger partial charge in [0.1, 0.15) is 24.2 Å². The fourth-order valence-electron chi connectivity index (χ4n) is 4.95. The van der Waals surface area contributed by atoms with Gasteiger partial charge in [-0.2, -0.15) is 0 Å². The highest BCUT2D eigenvalue weighted by Gasteiger charge is 2.25. The molecular weight excluding hydrogens is 692 g/mol. The summed E-state index contributed by atoms with van der Waals surface area (Å²) in [6.07, 6.45) is 5.85. The molecule has 0 saturated heterocycles. The number of nitrogens with one attached hydrogen (secondary N) is 6. The molecule has 4 atom stereocenters. The van der Waals surface area contributed by atoms with Gasteiger partial charge in [-0.15, -0.1) is 5.53 Å². The molecule has 0 bridgehead atoms. The summed E-state index contributed by atoms with van der Waals surface area (Å²) >= 11 is 0. The number of hydrogen-bond acceptors (Lipinski definition) is 12. The molecular formula is C31H52N8O13. The van der Waals surface area contributed by atoms with Gasteiger partial charge in [-0.1, -0.05) is 12.8 Å². The molecule has 21 nitrogen and oxygen atoms in total. The number of unbranched alkanes of at least 4 members (excludes halogenated alkanes) is 5. The van der Waals surface area contributed by atoms with E-state index in [1.54, 1.807) is 11.2 Å². The molecule has 1 rings (SSSR count). The number of nitrogens with two attached hydrogens (primary N) is 1. The SMILES string of the molecule is NC(CC1=CN(CCCCC(NC(=O)CCCCCCC(=O)NCCCCC(NC(=O)NC(CCC(=O)O)C(=O)O)C(=O)O)C(=O)O)NN1)C(=O)O. The maximum atomic E-state index is 12.3. The molecule has 0 aromatic carbocycles. The van der Waals surface area contributed by atoms with Crippen LogP contribution in [-0.2, 0) is 33.6 Å². The van der Waals surface area contributed by atoms with Crippen LogP contribution in [0.15, 0.2) is 11.9 Å². The van der Waals surface area contributed by atoms with Gasteiger partial charge in [0, 0.05) is 50.7 Å². The largest absolute Gasteiger partial charge is 0.481 e. The van der Waals surface area contributed by atoms with E-state index in [-0.39, 0.29) is 56.9 Å². The molecule has 294 valence electrons. The van der Waals surface area contributed by atoms with Gasteiger partial charge < -0.3 is 58.0 Å². The third kappa shape index (κ3) is 20.5. The Morgan fingerprint density at radius 3 is 1.73 bits per heavy atom. The summed E-state index contributed by atoms with van der Waals surface area (Å²) in [6.45, 7) is 0.788. The van der Waals surface area contributed by atoms with E-state index in [0.717, 1.165) is 0 Å². The highest BCUT2D eigenvalue weighted by Crippen LogP contribution is 2.11. The first-order valence-corrected chi connectivity index (χ1v) is 17.1. The summed E-state index contributed by atoms with van der Waals surface area (Å²) in [5.74, 6) is -6.86. The smallest absolute Gasteiger partial charge is 0.326 e. The lowest BCUT2D eigenvalue weighted by Crippen LogP contribution is -2.51. The van der Waals surface area contributed by atoms with Crippen LogP contribution in [0, 0.1) is 0 Å². The highest BCUT2D eigenvalue weighted by molar-refractivity contribution is 5.86. The molecule has 1 aliphatic rings. The Labute approximate surface area is 300 Å². The fourth-order valence-corrected chi connectivity index (χ4v) is 4.95. The Morgan fingerprint density at radius 2 is 1.17 bits per heavy atom. The minimum Gasteiger partial charge on any atom is -0.481 e. The van der Waals surface area contributed by atoms with Gasteiger partial charge in [0.25, 0.3) is 0 Å². The molecule has 13 N–H and O–H groups in total. The molecule has 1 heterocycles. The molecule has 0 saturated carbocycles. The van der Waals surface area contributed by atoms with Gasteiger partial charge in [0.05, 0.1) is 0 Å². The number of urea groups is 1. The Bertz CT molecular complexity index is 1260. The minimum absolute atomic E-state index is 0.00817. The van der Waals surface area contributed by atoms with Crippen LogP contribution in [0.25, 0.3) is 0 Å². The number of nitrogens with zero attached hydrogens (tertiary/aromatic N) is 1. The fraction of sp³-hybridized carbons (Fsp3) is 0.677. The number of carbonyl (C=O) groups excluding carboxylic acids is 3. The first-order valence-electron chi connectivity index (χ1n) is 17.1. The van der Waals surface area contributed by atoms with Gasteiger partial charge in [0.15, 0.2) is 0 Å². The summed E-state index contributed by atoms with van der Waals surface area (Å²) in [4.78, 5) is 92.4. The van der Waals surface area contributed by atoms with Gasteiger partial charge in [-0.25, -0.2) is 19.2 Å². The highest BCUT2D eigenvalue weighted by atomic mass is 16.4. The van der Waals surface area contributed by atoms with Crippen molar-refractivity contribution in [2.24, 2.45) is 5.73 Å². The van der Waals surface area contributed by atoms with Crippen molar-refractivity contribution in [1.29, 1.82) is 0 Å². The predicted molar refractivity (Wildman–Crippen MR) is 181 cm³/mol. The number of carboxylic acids is 5. The summed E-state index contributed by atoms with van der Waals surface area (Å²) in [6, 6.07) is -5.95. The monoisotopic (exact) mass is 744 g/mol. The second-order valence-corrected chi connectivity index (χ2v) is 12.3. The van der Waals surface area contributed by atoms with Crippen LogP contribution in [-0.4, -0.2) is 115 Å². The van der Waals surface area contributed by atoms with Crippen LogP contribution < -0.4 is 38.0 Å². The maximum Gasteiger partial charge on any atom is 0.326 e. The molecule has 0 aromatic rings. The molecule has 52 heavy (non-hydrogen) atoms. The van der Waals surface area contributed by atoms with E-state index in [2.05, 4.69) is 32.2 Å². The van der Waals surface area contributed by atoms with Crippen molar-refractivity contribution < 1.29 is 63.9 Å². The summed E-state index contributed by atoms with van der Waals surface area (Å²) < 4.78 is 0. The molecule has 0 aliphatic carbocycles. The third-order valence-corrected chi connectivity index (χ3v) is 7.86. The van der Waals surface area contributed by atoms with Crippen molar-refractivity contribution in [2.75, 3.05) is 13.1 Å². The van der Waals surface area contributed by atoms with Crippen LogP contribution in [0.4, 0.5) is 4.79 Å². The minimum atomic E-state index is -1.50. The second kappa shape index (κ2) is 24.9. The van der Waals surface area contributed by atoms with E-state index < -0.39 is 66.5 Å². The van der Waals surface area contributed by atoms with E-state index >= 15 is 0 Å². The molecule has 4 amide bonds. The van der Waals surface area contributed by atoms with Crippen LogP contribution >= 0.6 is 0 Å². The van der Waals surface area contributed by atoms with Crippen molar-refractivity contribution in [2.45, 2.75) is 120 Å². The topological polar surface area (TPSA) is 339 Å². The lowest BCUT2D eigenvalue weighted by Gasteiger charge is -2.18. The second-order valence-electron chi connectivity index (χ2n) is 12.3. The average Bonchev–Trinajstić information content (AvgIpc) is 3.51. The van der Waals surface area contributed by atoms with E-state index in [1.165, 1.54) is 0 Å². The summed E-state index contributed by atoms with van der Waals surface area (Å²) in [7, 11) is 0. The van der Waals surface area contributed by atoms with Gasteiger partial charge in [-0.05, 0) is 57.8 Å². The molecule has 0 radical (unpaired) electrons. The van der Waals surface area contributed by atoms with E-state index in [9.17, 15) is 48.6 Å². The Kier molecular flexibility index (Phi) is 21.5. The number of hydrogen-bond donors (Lipinski definition) is 12. The van der Waals surface area contributed by atoms with Gasteiger partial charge in [-0.3, -0.25) is 24.2 Å². The van der Waals surface area contributed by atoms with Crippen LogP contribution in [0.2, 0.25) is 0 Å². The van der Waals surface area contributed by atoms with E-state index in [4.69, 9.17) is 21.1 Å². The molecule has 0 fully saturated rings. The van der Waals surface area contributed by atoms with Crippen LogP contribution in [0.3, 0.4) is 0 Å². The molecule has 0 spiro atoms. The lowest BCUT2D eigenvalue weighted by molar-refractivity contribution is -0.142. The maximum absolute atomic E-state index is 12.3. The summed E-state index contributed by atoms with van der Waals surface area (Å²) in [5, 5.41) is 56.8. The number of aliphatic carboxylic acids is 5. The van der Waals surface area contributed by atoms with Gasteiger partial charge in [0.2, 0.25) is 11.8 Å². The Morgan fingerprint density at radius 1 is 0.635 bits per heavy atom. The normalized spacial score (nSPS) is 14.5. The molecule has 4 unspecified atom stereocenters. The van der Waals surface area contributed by atoms with Crippen molar-refractivity contribution in [1.82, 2.24) is 37.2 Å². The van der Waals surface area contributed by atoms with Gasteiger partial charge >= 0.3 is 35.9 Å². The Balaban J connectivity index is 2.18. The zero-order valence-electron chi connectivity index (χ0n) is 28.9. The quantitative estimate of drug-likeness (QED) is 0.0425. The molecule has 1 aliphatic heterocycles. The van der Waals surface area contributed by atoms with E-state index in [1.807, 2.05) is 0 Å². The third-order valence-electron chi connectivity index (χ3n) is 7.86. The van der Waals surface area contributed by atoms with Crippen molar-refractivity contribution in [3.63, 3.8) is 0 Å². The number of rotatable bonds is 29. The van der Waals surface area contributed by atoms with Crippen LogP contribution in [0.1, 0.15) is 96.3 Å². The zero-order valence-corrected chi connectivity index (χ0v) is 28.9. The summed E-state index contributed by atoms with van der Waals surface area (Å²) in [5.41, 5.74) is 11.8. The number of amides is 4. The molecule has 0 aromatic heterocycles. The lowest BCUT2D eigenvalue weighted by atomic mass is 10.1. The van der Waals surface area contributed by atoms with Crippen LogP contribution in [0.5, 0.6) is 0 Å². The first-order chi connectivity index (χ1) is 24.6. The number of carboxylic acid groups (broad SMARTS) is 5. The number of hydrazine groups is 2. The zero-order chi connectivity index (χ0) is 39.1. The Hall–Kier alpha value is -5.18. The van der Waals surface area contributed by atoms with Crippen molar-refractivity contribution >= 4 is 47.7 Å². The van der Waals surface area contributed by atoms with Crippen molar-refractivity contribution in [3.8, 4) is 0 Å². The number of carbonyl (C=O) groups is 8. The predicted octanol–water partition coefficient (Wildman–Crippen LogP) is -0.608. The first kappa shape index (κ1) is 44.8. The van der Waals surface area contributed by atoms with E-state index in [0.29, 0.717) is 63.6 Å². The molecule has 21 heteroatoms. The standard InChI is InChI=1S/C31H52N8O13/c32-20(27(44)45)17-19-18-39(38-37-19)16-8-6-10-21(28(46)47)34-25(41)12-4-2-1-3-11-24(40)33-15-7-5-9-22(29(48)49)35-31(52)36-23(30(50)51)13-14-26(42)43/h18,20-23,37-38H,1-17,32H2,(H,33,40)(H,34,41)(H,42,43)(H,44,45)(H,46,47)(H,48,49)(H,50,51)(H2,35,36,52). The van der Waals surface area contributed by atoms with Crippen molar-refractivity contribution in [3.05, 3.63) is 11.9 Å². The average molecular weight is 745 g/mol.